The van der Waals surface area contributed by atoms with Gasteiger partial charge in [0.05, 0.1) is 12.1 Å². The van der Waals surface area contributed by atoms with E-state index in [1.165, 1.54) is 11.8 Å². The van der Waals surface area contributed by atoms with Crippen LogP contribution in [0.25, 0.3) is 0 Å². The third kappa shape index (κ3) is 2.90. The Morgan fingerprint density at radius 2 is 2.47 bits per heavy atom. The molecule has 1 aromatic heterocycles. The van der Waals surface area contributed by atoms with Crippen molar-refractivity contribution in [2.45, 2.75) is 30.1 Å². The highest BCUT2D eigenvalue weighted by Crippen LogP contribution is 2.36. The summed E-state index contributed by atoms with van der Waals surface area (Å²) >= 11 is 1.51. The molecule has 7 heteroatoms. The maximum atomic E-state index is 9.53. The summed E-state index contributed by atoms with van der Waals surface area (Å²) in [5, 5.41) is 24.8. The lowest BCUT2D eigenvalue weighted by atomic mass is 10.4. The highest BCUT2D eigenvalue weighted by Gasteiger charge is 2.27. The quantitative estimate of drug-likeness (QED) is 0.651. The average Bonchev–Trinajstić information content (AvgIpc) is 2.96. The first-order valence-electron chi connectivity index (χ1n) is 5.04. The molecule has 1 unspecified atom stereocenters. The molecule has 1 fully saturated rings. The SMILES string of the molecule is CNCC(O)CSc1nnnn1C1CC1. The molecule has 15 heavy (non-hydrogen) atoms. The Balaban J connectivity index is 1.84. The zero-order valence-electron chi connectivity index (χ0n) is 8.63. The van der Waals surface area contributed by atoms with Crippen molar-refractivity contribution < 1.29 is 5.11 Å². The van der Waals surface area contributed by atoms with Gasteiger partial charge in [-0.15, -0.1) is 5.10 Å². The van der Waals surface area contributed by atoms with Crippen molar-refractivity contribution in [3.63, 3.8) is 0 Å². The monoisotopic (exact) mass is 229 g/mol. The lowest BCUT2D eigenvalue weighted by Gasteiger charge is -2.08. The fourth-order valence-electron chi connectivity index (χ4n) is 1.29. The number of thioether (sulfide) groups is 1. The van der Waals surface area contributed by atoms with Crippen LogP contribution in [0, 0.1) is 0 Å². The minimum Gasteiger partial charge on any atom is -0.391 e. The topological polar surface area (TPSA) is 75.9 Å². The molecule has 0 radical (unpaired) electrons. The smallest absolute Gasteiger partial charge is 0.209 e. The van der Waals surface area contributed by atoms with E-state index in [0.29, 0.717) is 18.3 Å². The average molecular weight is 229 g/mol. The van der Waals surface area contributed by atoms with Gasteiger partial charge < -0.3 is 10.4 Å². The molecule has 0 amide bonds. The molecule has 6 nitrogen and oxygen atoms in total. The van der Waals surface area contributed by atoms with Gasteiger partial charge in [-0.1, -0.05) is 11.8 Å². The van der Waals surface area contributed by atoms with Crippen LogP contribution in [-0.4, -0.2) is 50.8 Å². The highest BCUT2D eigenvalue weighted by molar-refractivity contribution is 7.99. The Morgan fingerprint density at radius 3 is 3.13 bits per heavy atom. The van der Waals surface area contributed by atoms with E-state index < -0.39 is 0 Å². The molecule has 0 saturated heterocycles. The van der Waals surface area contributed by atoms with E-state index in [-0.39, 0.29) is 6.10 Å². The second kappa shape index (κ2) is 4.91. The van der Waals surface area contributed by atoms with Crippen molar-refractivity contribution >= 4 is 11.8 Å². The molecule has 1 saturated carbocycles. The number of aliphatic hydroxyl groups excluding tert-OH is 1. The number of tetrazole rings is 1. The summed E-state index contributed by atoms with van der Waals surface area (Å²) < 4.78 is 1.86. The Bertz CT molecular complexity index is 314. The largest absolute Gasteiger partial charge is 0.391 e. The molecule has 1 aliphatic rings. The van der Waals surface area contributed by atoms with Crippen LogP contribution in [0.1, 0.15) is 18.9 Å². The van der Waals surface area contributed by atoms with Crippen molar-refractivity contribution in [1.82, 2.24) is 25.5 Å². The zero-order chi connectivity index (χ0) is 10.7. The molecular weight excluding hydrogens is 214 g/mol. The molecule has 0 aliphatic heterocycles. The van der Waals surface area contributed by atoms with Crippen molar-refractivity contribution in [2.24, 2.45) is 0 Å². The van der Waals surface area contributed by atoms with Gasteiger partial charge in [0, 0.05) is 12.3 Å². The third-order valence-corrected chi connectivity index (χ3v) is 3.28. The van der Waals surface area contributed by atoms with Gasteiger partial charge in [0.1, 0.15) is 0 Å². The maximum Gasteiger partial charge on any atom is 0.209 e. The van der Waals surface area contributed by atoms with E-state index in [0.717, 1.165) is 18.0 Å². The van der Waals surface area contributed by atoms with Crippen LogP contribution < -0.4 is 5.32 Å². The van der Waals surface area contributed by atoms with Gasteiger partial charge >= 0.3 is 0 Å². The predicted molar refractivity (Wildman–Crippen MR) is 56.7 cm³/mol. The van der Waals surface area contributed by atoms with E-state index in [1.807, 2.05) is 11.7 Å². The van der Waals surface area contributed by atoms with E-state index in [9.17, 15) is 5.11 Å². The number of rotatable bonds is 6. The number of aliphatic hydroxyl groups is 1. The lowest BCUT2D eigenvalue weighted by molar-refractivity contribution is 0.199. The normalized spacial score (nSPS) is 18.0. The first-order chi connectivity index (χ1) is 7.31. The lowest BCUT2D eigenvalue weighted by Crippen LogP contribution is -2.25. The molecule has 2 rings (SSSR count). The summed E-state index contributed by atoms with van der Waals surface area (Å²) in [5.41, 5.74) is 0. The molecule has 84 valence electrons. The van der Waals surface area contributed by atoms with E-state index in [1.54, 1.807) is 0 Å². The van der Waals surface area contributed by atoms with Crippen molar-refractivity contribution in [2.75, 3.05) is 19.3 Å². The summed E-state index contributed by atoms with van der Waals surface area (Å²) in [4.78, 5) is 0. The van der Waals surface area contributed by atoms with Gasteiger partial charge in [-0.2, -0.15) is 0 Å². The second-order valence-electron chi connectivity index (χ2n) is 3.66. The number of nitrogens with zero attached hydrogens (tertiary/aromatic N) is 4. The molecule has 1 heterocycles. The number of nitrogens with one attached hydrogen (secondary N) is 1. The van der Waals surface area contributed by atoms with Crippen LogP contribution >= 0.6 is 11.8 Å². The van der Waals surface area contributed by atoms with Crippen LogP contribution in [0.2, 0.25) is 0 Å². The van der Waals surface area contributed by atoms with E-state index in [2.05, 4.69) is 20.8 Å². The molecule has 1 aliphatic carbocycles. The van der Waals surface area contributed by atoms with Gasteiger partial charge in [-0.25, -0.2) is 4.68 Å². The second-order valence-corrected chi connectivity index (χ2v) is 4.65. The minimum atomic E-state index is -0.357. The first-order valence-corrected chi connectivity index (χ1v) is 6.03. The predicted octanol–water partition coefficient (Wildman–Crippen LogP) is -0.320. The summed E-state index contributed by atoms with van der Waals surface area (Å²) in [5.74, 6) is 0.619. The Morgan fingerprint density at radius 1 is 1.67 bits per heavy atom. The molecule has 0 spiro atoms. The van der Waals surface area contributed by atoms with Crippen LogP contribution in [0.4, 0.5) is 0 Å². The summed E-state index contributed by atoms with van der Waals surface area (Å²) in [6.45, 7) is 0.595. The molecule has 1 atom stereocenters. The molecule has 0 bridgehead atoms. The summed E-state index contributed by atoms with van der Waals surface area (Å²) in [6, 6.07) is 0.490. The van der Waals surface area contributed by atoms with Gasteiger partial charge in [-0.05, 0) is 30.3 Å². The van der Waals surface area contributed by atoms with Gasteiger partial charge in [-0.3, -0.25) is 0 Å². The van der Waals surface area contributed by atoms with Gasteiger partial charge in [0.2, 0.25) is 5.16 Å². The molecule has 1 aromatic rings. The summed E-state index contributed by atoms with van der Waals surface area (Å²) in [6.07, 6.45) is 1.97. The Labute approximate surface area is 92.4 Å². The van der Waals surface area contributed by atoms with E-state index >= 15 is 0 Å². The Kier molecular flexibility index (Phi) is 3.55. The Hall–Kier alpha value is -0.660. The zero-order valence-corrected chi connectivity index (χ0v) is 9.44. The molecule has 0 aromatic carbocycles. The number of hydrogen-bond donors (Lipinski definition) is 2. The fraction of sp³-hybridized carbons (Fsp3) is 0.875. The highest BCUT2D eigenvalue weighted by atomic mass is 32.2. The van der Waals surface area contributed by atoms with Gasteiger partial charge in [0.25, 0.3) is 0 Å². The van der Waals surface area contributed by atoms with Crippen molar-refractivity contribution in [1.29, 1.82) is 0 Å². The molecular formula is C8H15N5OS. The van der Waals surface area contributed by atoms with E-state index in [4.69, 9.17) is 0 Å². The number of aromatic nitrogens is 4. The van der Waals surface area contributed by atoms with Gasteiger partial charge in [0.15, 0.2) is 0 Å². The number of likely N-dealkylation sites (N-methyl/N-ethyl adjacent to an activating group) is 1. The minimum absolute atomic E-state index is 0.357. The third-order valence-electron chi connectivity index (χ3n) is 2.20. The maximum absolute atomic E-state index is 9.53. The summed E-state index contributed by atoms with van der Waals surface area (Å²) in [7, 11) is 1.82. The van der Waals surface area contributed by atoms with Crippen LogP contribution in [0.15, 0.2) is 5.16 Å². The molecule has 2 N–H and O–H groups in total. The standard InChI is InChI=1S/C8H15N5OS/c1-9-4-7(14)5-15-8-10-11-12-13(8)6-2-3-6/h6-7,9,14H,2-5H2,1H3. The number of hydrogen-bond acceptors (Lipinski definition) is 6. The van der Waals surface area contributed by atoms with Crippen molar-refractivity contribution in [3.05, 3.63) is 0 Å². The first kappa shape index (κ1) is 10.8. The fourth-order valence-corrected chi connectivity index (χ4v) is 2.17. The van der Waals surface area contributed by atoms with Crippen LogP contribution in [0.3, 0.4) is 0 Å². The van der Waals surface area contributed by atoms with Crippen molar-refractivity contribution in [3.8, 4) is 0 Å². The van der Waals surface area contributed by atoms with Crippen LogP contribution in [-0.2, 0) is 0 Å². The van der Waals surface area contributed by atoms with Crippen LogP contribution in [0.5, 0.6) is 0 Å².